The first kappa shape index (κ1) is 16.0. The Morgan fingerprint density at radius 3 is 2.63 bits per heavy atom. The van der Waals surface area contributed by atoms with Crippen molar-refractivity contribution < 1.29 is 14.7 Å². The Morgan fingerprint density at radius 2 is 2.05 bits per heavy atom. The third-order valence-electron chi connectivity index (χ3n) is 3.72. The number of nitrogens with one attached hydrogen (secondary N) is 2. The second-order valence-electron chi connectivity index (χ2n) is 5.33. The van der Waals surface area contributed by atoms with Crippen LogP contribution in [0.4, 0.5) is 0 Å². The molecule has 0 aromatic heterocycles. The molecule has 1 unspecified atom stereocenters. The van der Waals surface area contributed by atoms with Crippen molar-refractivity contribution in [2.75, 3.05) is 13.1 Å². The van der Waals surface area contributed by atoms with Crippen LogP contribution in [0.15, 0.2) is 0 Å². The summed E-state index contributed by atoms with van der Waals surface area (Å²) in [5, 5.41) is 15.0. The Hall–Kier alpha value is -1.10. The number of piperidine rings is 1. The van der Waals surface area contributed by atoms with E-state index < -0.39 is 12.0 Å². The number of carboxylic acids is 1. The van der Waals surface area contributed by atoms with Gasteiger partial charge in [0, 0.05) is 6.42 Å². The third-order valence-corrected chi connectivity index (χ3v) is 3.72. The quantitative estimate of drug-likeness (QED) is 0.625. The van der Waals surface area contributed by atoms with Gasteiger partial charge < -0.3 is 15.7 Å². The van der Waals surface area contributed by atoms with Crippen molar-refractivity contribution in [1.82, 2.24) is 10.6 Å². The van der Waals surface area contributed by atoms with Gasteiger partial charge in [0.15, 0.2) is 0 Å². The minimum absolute atomic E-state index is 0.123. The molecule has 110 valence electrons. The fourth-order valence-electron chi connectivity index (χ4n) is 2.44. The van der Waals surface area contributed by atoms with Crippen LogP contribution in [0.25, 0.3) is 0 Å². The van der Waals surface area contributed by atoms with Gasteiger partial charge in [0.1, 0.15) is 6.04 Å². The van der Waals surface area contributed by atoms with E-state index in [-0.39, 0.29) is 5.91 Å². The van der Waals surface area contributed by atoms with Crippen molar-refractivity contribution in [2.24, 2.45) is 5.92 Å². The van der Waals surface area contributed by atoms with Crippen LogP contribution in [0, 0.1) is 5.92 Å². The van der Waals surface area contributed by atoms with E-state index in [4.69, 9.17) is 5.11 Å². The van der Waals surface area contributed by atoms with Crippen LogP contribution in [0.1, 0.15) is 51.9 Å². The molecule has 0 aromatic carbocycles. The van der Waals surface area contributed by atoms with Gasteiger partial charge in [0.25, 0.3) is 0 Å². The fraction of sp³-hybridized carbons (Fsp3) is 0.857. The average Bonchev–Trinajstić information content (AvgIpc) is 2.42. The number of hydrogen-bond acceptors (Lipinski definition) is 3. The van der Waals surface area contributed by atoms with Crippen molar-refractivity contribution in [3.8, 4) is 0 Å². The molecule has 1 aliphatic rings. The summed E-state index contributed by atoms with van der Waals surface area (Å²) in [4.78, 5) is 22.8. The van der Waals surface area contributed by atoms with Gasteiger partial charge in [0.05, 0.1) is 0 Å². The highest BCUT2D eigenvalue weighted by molar-refractivity contribution is 5.83. The van der Waals surface area contributed by atoms with E-state index in [9.17, 15) is 9.59 Å². The monoisotopic (exact) mass is 270 g/mol. The summed E-state index contributed by atoms with van der Waals surface area (Å²) in [6, 6.07) is -0.722. The van der Waals surface area contributed by atoms with E-state index in [2.05, 4.69) is 10.6 Å². The minimum atomic E-state index is -0.927. The first-order chi connectivity index (χ1) is 9.13. The van der Waals surface area contributed by atoms with Crippen molar-refractivity contribution >= 4 is 11.9 Å². The lowest BCUT2D eigenvalue weighted by Gasteiger charge is -2.22. The molecule has 0 saturated carbocycles. The van der Waals surface area contributed by atoms with E-state index in [0.29, 0.717) is 18.8 Å². The molecule has 1 aliphatic heterocycles. The van der Waals surface area contributed by atoms with E-state index in [1.165, 1.54) is 0 Å². The Labute approximate surface area is 115 Å². The topological polar surface area (TPSA) is 78.4 Å². The Morgan fingerprint density at radius 1 is 1.37 bits per heavy atom. The normalized spacial score (nSPS) is 17.9. The van der Waals surface area contributed by atoms with Gasteiger partial charge in [-0.15, -0.1) is 0 Å². The molecular formula is C14H26N2O3. The highest BCUT2D eigenvalue weighted by atomic mass is 16.4. The van der Waals surface area contributed by atoms with Crippen LogP contribution in [0.2, 0.25) is 0 Å². The molecule has 5 nitrogen and oxygen atoms in total. The summed E-state index contributed by atoms with van der Waals surface area (Å²) in [7, 11) is 0. The molecule has 5 heteroatoms. The van der Waals surface area contributed by atoms with Crippen LogP contribution in [-0.4, -0.2) is 36.1 Å². The zero-order valence-electron chi connectivity index (χ0n) is 11.8. The smallest absolute Gasteiger partial charge is 0.326 e. The van der Waals surface area contributed by atoms with Crippen molar-refractivity contribution in [2.45, 2.75) is 57.9 Å². The molecular weight excluding hydrogens is 244 g/mol. The third kappa shape index (κ3) is 6.57. The summed E-state index contributed by atoms with van der Waals surface area (Å²) < 4.78 is 0. The summed E-state index contributed by atoms with van der Waals surface area (Å²) in [6.07, 6.45) is 5.83. The molecule has 1 heterocycles. The van der Waals surface area contributed by atoms with Gasteiger partial charge >= 0.3 is 5.97 Å². The van der Waals surface area contributed by atoms with E-state index in [0.717, 1.165) is 45.2 Å². The SMILES string of the molecule is CCCCC(NC(=O)CCC1CCNCC1)C(=O)O. The lowest BCUT2D eigenvalue weighted by Crippen LogP contribution is -2.41. The molecule has 1 amide bonds. The minimum Gasteiger partial charge on any atom is -0.480 e. The standard InChI is InChI=1S/C14H26N2O3/c1-2-3-4-12(14(18)19)16-13(17)6-5-11-7-9-15-10-8-11/h11-12,15H,2-10H2,1H3,(H,16,17)(H,18,19). The summed E-state index contributed by atoms with van der Waals surface area (Å²) in [5.74, 6) is -0.448. The molecule has 1 saturated heterocycles. The predicted molar refractivity (Wildman–Crippen MR) is 73.9 cm³/mol. The van der Waals surface area contributed by atoms with Crippen LogP contribution in [0.5, 0.6) is 0 Å². The van der Waals surface area contributed by atoms with Crippen molar-refractivity contribution in [3.05, 3.63) is 0 Å². The number of carbonyl (C=O) groups is 2. The van der Waals surface area contributed by atoms with Gasteiger partial charge in [-0.3, -0.25) is 4.79 Å². The molecule has 19 heavy (non-hydrogen) atoms. The molecule has 1 fully saturated rings. The Balaban J connectivity index is 2.25. The fourth-order valence-corrected chi connectivity index (χ4v) is 2.44. The van der Waals surface area contributed by atoms with Crippen molar-refractivity contribution in [1.29, 1.82) is 0 Å². The molecule has 1 rings (SSSR count). The second kappa shape index (κ2) is 8.91. The van der Waals surface area contributed by atoms with Crippen LogP contribution in [0.3, 0.4) is 0 Å². The molecule has 0 bridgehead atoms. The average molecular weight is 270 g/mol. The molecule has 0 aliphatic carbocycles. The number of amides is 1. The van der Waals surface area contributed by atoms with Gasteiger partial charge in [-0.1, -0.05) is 19.8 Å². The maximum absolute atomic E-state index is 11.8. The van der Waals surface area contributed by atoms with Crippen LogP contribution >= 0.6 is 0 Å². The number of unbranched alkanes of at least 4 members (excludes halogenated alkanes) is 1. The first-order valence-corrected chi connectivity index (χ1v) is 7.36. The summed E-state index contributed by atoms with van der Waals surface area (Å²) >= 11 is 0. The molecule has 0 aromatic rings. The largest absolute Gasteiger partial charge is 0.480 e. The lowest BCUT2D eigenvalue weighted by molar-refractivity contribution is -0.142. The predicted octanol–water partition coefficient (Wildman–Crippen LogP) is 1.53. The van der Waals surface area contributed by atoms with E-state index >= 15 is 0 Å². The van der Waals surface area contributed by atoms with E-state index in [1.54, 1.807) is 0 Å². The maximum atomic E-state index is 11.8. The van der Waals surface area contributed by atoms with Gasteiger partial charge in [0.2, 0.25) is 5.91 Å². The van der Waals surface area contributed by atoms with Gasteiger partial charge in [-0.2, -0.15) is 0 Å². The highest BCUT2D eigenvalue weighted by Crippen LogP contribution is 2.17. The van der Waals surface area contributed by atoms with Gasteiger partial charge in [-0.25, -0.2) is 4.79 Å². The number of aliphatic carboxylic acids is 1. The number of rotatable bonds is 8. The van der Waals surface area contributed by atoms with Crippen LogP contribution in [-0.2, 0) is 9.59 Å². The Kier molecular flexibility index (Phi) is 7.48. The summed E-state index contributed by atoms with van der Waals surface area (Å²) in [5.41, 5.74) is 0. The molecule has 0 radical (unpaired) electrons. The van der Waals surface area contributed by atoms with Crippen LogP contribution < -0.4 is 10.6 Å². The summed E-state index contributed by atoms with van der Waals surface area (Å²) in [6.45, 7) is 4.07. The highest BCUT2D eigenvalue weighted by Gasteiger charge is 2.20. The first-order valence-electron chi connectivity index (χ1n) is 7.36. The van der Waals surface area contributed by atoms with Gasteiger partial charge in [-0.05, 0) is 44.7 Å². The molecule has 1 atom stereocenters. The molecule has 3 N–H and O–H groups in total. The molecule has 0 spiro atoms. The number of hydrogen-bond donors (Lipinski definition) is 3. The number of carboxylic acid groups (broad SMARTS) is 1. The zero-order chi connectivity index (χ0) is 14.1. The number of carbonyl (C=O) groups excluding carboxylic acids is 1. The second-order valence-corrected chi connectivity index (χ2v) is 5.33. The zero-order valence-corrected chi connectivity index (χ0v) is 11.8. The Bertz CT molecular complexity index is 288. The lowest BCUT2D eigenvalue weighted by atomic mass is 9.93. The van der Waals surface area contributed by atoms with E-state index in [1.807, 2.05) is 6.92 Å². The van der Waals surface area contributed by atoms with Crippen molar-refractivity contribution in [3.63, 3.8) is 0 Å². The maximum Gasteiger partial charge on any atom is 0.326 e.